The van der Waals surface area contributed by atoms with Crippen LogP contribution in [0.25, 0.3) is 0 Å². The Labute approximate surface area is 126 Å². The van der Waals surface area contributed by atoms with Crippen molar-refractivity contribution in [2.24, 2.45) is 5.73 Å². The molecule has 5 heteroatoms. The van der Waals surface area contributed by atoms with Crippen molar-refractivity contribution in [3.05, 3.63) is 23.0 Å². The summed E-state index contributed by atoms with van der Waals surface area (Å²) < 4.78 is 0. The van der Waals surface area contributed by atoms with E-state index in [4.69, 9.17) is 18.0 Å². The highest BCUT2D eigenvalue weighted by Gasteiger charge is 2.18. The van der Waals surface area contributed by atoms with Crippen LogP contribution in [0.2, 0.25) is 0 Å². The maximum Gasteiger partial charge on any atom is 0.107 e. The lowest BCUT2D eigenvalue weighted by atomic mass is 10.1. The number of rotatable bonds is 6. The molecule has 1 rings (SSSR count). The first-order valence-electron chi connectivity index (χ1n) is 6.38. The number of aromatic nitrogens is 1. The van der Waals surface area contributed by atoms with Crippen LogP contribution >= 0.6 is 24.0 Å². The number of pyridine rings is 1. The maximum absolute atomic E-state index is 5.86. The fraction of sp³-hybridized carbons (Fsp3) is 0.571. The normalized spacial score (nSPS) is 12.3. The SMILES string of the molecule is CSCCC(C)N(C)c1cc(C)nc(C)c1C(N)=S. The standard InChI is InChI=1S/C14H23N3S2/c1-9-8-12(13(14(15)18)11(3)16-9)17(4)10(2)6-7-19-5/h8,10H,6-7H2,1-5H3,(H2,15,18). The molecule has 0 aliphatic rings. The van der Waals surface area contributed by atoms with E-state index in [-0.39, 0.29) is 0 Å². The van der Waals surface area contributed by atoms with E-state index in [1.54, 1.807) is 0 Å². The molecule has 1 unspecified atom stereocenters. The van der Waals surface area contributed by atoms with Gasteiger partial charge in [0, 0.05) is 24.5 Å². The van der Waals surface area contributed by atoms with Gasteiger partial charge in [0.15, 0.2) is 0 Å². The summed E-state index contributed by atoms with van der Waals surface area (Å²) in [6.45, 7) is 6.19. The van der Waals surface area contributed by atoms with Crippen LogP contribution in [0.3, 0.4) is 0 Å². The van der Waals surface area contributed by atoms with Crippen LogP contribution in [-0.2, 0) is 0 Å². The molecule has 0 spiro atoms. The number of thiocarbonyl (C=S) groups is 1. The molecule has 0 amide bonds. The number of hydrogen-bond donors (Lipinski definition) is 1. The Kier molecular flexibility index (Phi) is 6.07. The second kappa shape index (κ2) is 7.10. The van der Waals surface area contributed by atoms with E-state index in [0.29, 0.717) is 11.0 Å². The third-order valence-electron chi connectivity index (χ3n) is 3.33. The van der Waals surface area contributed by atoms with Crippen molar-refractivity contribution in [1.82, 2.24) is 4.98 Å². The second-order valence-corrected chi connectivity index (χ2v) is 6.27. The summed E-state index contributed by atoms with van der Waals surface area (Å²) in [6, 6.07) is 2.51. The number of aryl methyl sites for hydroxylation is 2. The Balaban J connectivity index is 3.14. The lowest BCUT2D eigenvalue weighted by molar-refractivity contribution is 0.668. The largest absolute Gasteiger partial charge is 0.389 e. The minimum absolute atomic E-state index is 0.420. The molecule has 19 heavy (non-hydrogen) atoms. The molecular formula is C14H23N3S2. The van der Waals surface area contributed by atoms with Gasteiger partial charge < -0.3 is 10.6 Å². The van der Waals surface area contributed by atoms with Crippen LogP contribution < -0.4 is 10.6 Å². The summed E-state index contributed by atoms with van der Waals surface area (Å²) >= 11 is 7.05. The van der Waals surface area contributed by atoms with Crippen molar-refractivity contribution in [1.29, 1.82) is 0 Å². The topological polar surface area (TPSA) is 42.2 Å². The van der Waals surface area contributed by atoms with Gasteiger partial charge in [-0.25, -0.2) is 0 Å². The first kappa shape index (κ1) is 16.2. The molecule has 106 valence electrons. The van der Waals surface area contributed by atoms with Crippen LogP contribution in [0.1, 0.15) is 30.3 Å². The average molecular weight is 297 g/mol. The highest BCUT2D eigenvalue weighted by atomic mass is 32.2. The van der Waals surface area contributed by atoms with Gasteiger partial charge in [0.25, 0.3) is 0 Å². The third-order valence-corrected chi connectivity index (χ3v) is 4.18. The number of thioether (sulfide) groups is 1. The number of nitrogens with two attached hydrogens (primary N) is 1. The van der Waals surface area contributed by atoms with Gasteiger partial charge in [-0.05, 0) is 45.3 Å². The molecule has 0 saturated heterocycles. The van der Waals surface area contributed by atoms with Gasteiger partial charge in [-0.3, -0.25) is 4.98 Å². The van der Waals surface area contributed by atoms with Crippen molar-refractivity contribution in [2.45, 2.75) is 33.2 Å². The molecule has 0 bridgehead atoms. The fourth-order valence-electron chi connectivity index (χ4n) is 2.11. The monoisotopic (exact) mass is 297 g/mol. The number of nitrogens with zero attached hydrogens (tertiary/aromatic N) is 2. The molecule has 0 aromatic carbocycles. The molecule has 0 aliphatic carbocycles. The summed E-state index contributed by atoms with van der Waals surface area (Å²) in [5, 5.41) is 0. The van der Waals surface area contributed by atoms with Crippen molar-refractivity contribution < 1.29 is 0 Å². The molecule has 0 saturated carbocycles. The van der Waals surface area contributed by atoms with E-state index in [2.05, 4.69) is 36.2 Å². The summed E-state index contributed by atoms with van der Waals surface area (Å²) in [4.78, 5) is 7.14. The van der Waals surface area contributed by atoms with E-state index in [1.807, 2.05) is 25.6 Å². The zero-order valence-electron chi connectivity index (χ0n) is 12.4. The van der Waals surface area contributed by atoms with Crippen LogP contribution in [0.5, 0.6) is 0 Å². The highest BCUT2D eigenvalue weighted by molar-refractivity contribution is 7.98. The molecule has 1 aromatic rings. The molecule has 1 heterocycles. The van der Waals surface area contributed by atoms with Gasteiger partial charge >= 0.3 is 0 Å². The predicted molar refractivity (Wildman–Crippen MR) is 90.5 cm³/mol. The number of hydrogen-bond acceptors (Lipinski definition) is 4. The van der Waals surface area contributed by atoms with Crippen molar-refractivity contribution in [2.75, 3.05) is 24.0 Å². The minimum Gasteiger partial charge on any atom is -0.389 e. The number of anilines is 1. The molecule has 0 radical (unpaired) electrons. The summed E-state index contributed by atoms with van der Waals surface area (Å²) in [5.41, 5.74) is 9.76. The van der Waals surface area contributed by atoms with Crippen LogP contribution in [-0.4, -0.2) is 35.1 Å². The smallest absolute Gasteiger partial charge is 0.107 e. The van der Waals surface area contributed by atoms with Gasteiger partial charge in [0.05, 0.1) is 11.3 Å². The van der Waals surface area contributed by atoms with E-state index < -0.39 is 0 Å². The molecule has 1 aromatic heterocycles. The minimum atomic E-state index is 0.420. The zero-order chi connectivity index (χ0) is 14.6. The van der Waals surface area contributed by atoms with E-state index in [1.165, 1.54) is 0 Å². The van der Waals surface area contributed by atoms with Crippen LogP contribution in [0, 0.1) is 13.8 Å². The Morgan fingerprint density at radius 1 is 1.53 bits per heavy atom. The van der Waals surface area contributed by atoms with Crippen molar-refractivity contribution >= 4 is 34.7 Å². The Bertz CT molecular complexity index is 460. The van der Waals surface area contributed by atoms with Crippen LogP contribution in [0.4, 0.5) is 5.69 Å². The van der Waals surface area contributed by atoms with Crippen molar-refractivity contribution in [3.63, 3.8) is 0 Å². The maximum atomic E-state index is 5.86. The Morgan fingerprint density at radius 3 is 2.68 bits per heavy atom. The zero-order valence-corrected chi connectivity index (χ0v) is 14.0. The highest BCUT2D eigenvalue weighted by Crippen LogP contribution is 2.25. The molecular weight excluding hydrogens is 274 g/mol. The van der Waals surface area contributed by atoms with Crippen LogP contribution in [0.15, 0.2) is 6.07 Å². The van der Waals surface area contributed by atoms with E-state index >= 15 is 0 Å². The lowest BCUT2D eigenvalue weighted by Gasteiger charge is -2.29. The van der Waals surface area contributed by atoms with E-state index in [9.17, 15) is 0 Å². The lowest BCUT2D eigenvalue weighted by Crippen LogP contribution is -2.32. The molecule has 0 fully saturated rings. The van der Waals surface area contributed by atoms with Crippen molar-refractivity contribution in [3.8, 4) is 0 Å². The fourth-order valence-corrected chi connectivity index (χ4v) is 2.94. The molecule has 2 N–H and O–H groups in total. The summed E-state index contributed by atoms with van der Waals surface area (Å²) in [5.74, 6) is 1.15. The summed E-state index contributed by atoms with van der Waals surface area (Å²) in [7, 11) is 2.10. The Hall–Kier alpha value is -0.810. The van der Waals surface area contributed by atoms with Gasteiger partial charge in [0.2, 0.25) is 0 Å². The molecule has 3 nitrogen and oxygen atoms in total. The van der Waals surface area contributed by atoms with Gasteiger partial charge in [-0.1, -0.05) is 12.2 Å². The van der Waals surface area contributed by atoms with Gasteiger partial charge in [-0.15, -0.1) is 0 Å². The molecule has 1 atom stereocenters. The predicted octanol–water partition coefficient (Wildman–Crippen LogP) is 2.91. The average Bonchev–Trinajstić information content (AvgIpc) is 2.33. The second-order valence-electron chi connectivity index (χ2n) is 4.85. The Morgan fingerprint density at radius 2 is 2.16 bits per heavy atom. The quantitative estimate of drug-likeness (QED) is 0.818. The van der Waals surface area contributed by atoms with Gasteiger partial charge in [0.1, 0.15) is 4.99 Å². The first-order chi connectivity index (χ1) is 8.88. The molecule has 0 aliphatic heterocycles. The third kappa shape index (κ3) is 4.08. The first-order valence-corrected chi connectivity index (χ1v) is 8.18. The van der Waals surface area contributed by atoms with E-state index in [0.717, 1.165) is 34.8 Å². The van der Waals surface area contributed by atoms with Gasteiger partial charge in [-0.2, -0.15) is 11.8 Å². The summed E-state index contributed by atoms with van der Waals surface area (Å²) in [6.07, 6.45) is 3.27.